The van der Waals surface area contributed by atoms with Gasteiger partial charge in [-0.05, 0) is 42.7 Å². The predicted molar refractivity (Wildman–Crippen MR) is 63.7 cm³/mol. The topological polar surface area (TPSA) is 12.9 Å². The SMILES string of the molecule is CCc1ccc(-c2ccc(C)cc2F)nc1. The van der Waals surface area contributed by atoms with E-state index in [0.29, 0.717) is 11.3 Å². The average molecular weight is 215 g/mol. The molecule has 0 spiro atoms. The number of pyridine rings is 1. The van der Waals surface area contributed by atoms with Crippen LogP contribution in [-0.4, -0.2) is 4.98 Å². The third-order valence-corrected chi connectivity index (χ3v) is 2.63. The smallest absolute Gasteiger partial charge is 0.132 e. The van der Waals surface area contributed by atoms with E-state index in [-0.39, 0.29) is 5.82 Å². The minimum Gasteiger partial charge on any atom is -0.256 e. The van der Waals surface area contributed by atoms with Crippen LogP contribution in [0.25, 0.3) is 11.3 Å². The fraction of sp³-hybridized carbons (Fsp3) is 0.214. The number of benzene rings is 1. The Morgan fingerprint density at radius 1 is 1.19 bits per heavy atom. The first kappa shape index (κ1) is 10.8. The largest absolute Gasteiger partial charge is 0.256 e. The van der Waals surface area contributed by atoms with Crippen molar-refractivity contribution < 1.29 is 4.39 Å². The normalized spacial score (nSPS) is 10.4. The van der Waals surface area contributed by atoms with Crippen molar-refractivity contribution in [2.75, 3.05) is 0 Å². The van der Waals surface area contributed by atoms with Crippen LogP contribution in [-0.2, 0) is 6.42 Å². The summed E-state index contributed by atoms with van der Waals surface area (Å²) in [4.78, 5) is 4.27. The number of aryl methyl sites for hydroxylation is 2. The van der Waals surface area contributed by atoms with E-state index >= 15 is 0 Å². The van der Waals surface area contributed by atoms with Crippen molar-refractivity contribution in [1.82, 2.24) is 4.98 Å². The molecule has 2 heteroatoms. The summed E-state index contributed by atoms with van der Waals surface area (Å²) in [6, 6.07) is 9.06. The van der Waals surface area contributed by atoms with E-state index < -0.39 is 0 Å². The lowest BCUT2D eigenvalue weighted by Crippen LogP contribution is -1.90. The lowest BCUT2D eigenvalue weighted by Gasteiger charge is -2.04. The summed E-state index contributed by atoms with van der Waals surface area (Å²) in [5, 5.41) is 0. The molecular formula is C14H14FN. The second-order valence-electron chi connectivity index (χ2n) is 3.89. The average Bonchev–Trinajstić information content (AvgIpc) is 2.29. The molecule has 16 heavy (non-hydrogen) atoms. The first-order chi connectivity index (χ1) is 7.70. The fourth-order valence-corrected chi connectivity index (χ4v) is 1.62. The van der Waals surface area contributed by atoms with Crippen LogP contribution in [0.4, 0.5) is 4.39 Å². The molecule has 0 saturated carbocycles. The number of hydrogen-bond acceptors (Lipinski definition) is 1. The van der Waals surface area contributed by atoms with Gasteiger partial charge in [-0.3, -0.25) is 4.98 Å². The number of hydrogen-bond donors (Lipinski definition) is 0. The summed E-state index contributed by atoms with van der Waals surface area (Å²) in [5.74, 6) is -0.211. The highest BCUT2D eigenvalue weighted by Gasteiger charge is 2.05. The maximum absolute atomic E-state index is 13.7. The molecular weight excluding hydrogens is 201 g/mol. The Balaban J connectivity index is 2.42. The lowest BCUT2D eigenvalue weighted by molar-refractivity contribution is 0.629. The van der Waals surface area contributed by atoms with Gasteiger partial charge >= 0.3 is 0 Å². The lowest BCUT2D eigenvalue weighted by atomic mass is 10.1. The maximum Gasteiger partial charge on any atom is 0.132 e. The molecule has 0 atom stereocenters. The van der Waals surface area contributed by atoms with Gasteiger partial charge in [0.25, 0.3) is 0 Å². The molecule has 0 N–H and O–H groups in total. The molecule has 0 fully saturated rings. The molecule has 0 amide bonds. The highest BCUT2D eigenvalue weighted by Crippen LogP contribution is 2.21. The van der Waals surface area contributed by atoms with Gasteiger partial charge in [-0.2, -0.15) is 0 Å². The van der Waals surface area contributed by atoms with E-state index in [2.05, 4.69) is 11.9 Å². The molecule has 2 rings (SSSR count). The third-order valence-electron chi connectivity index (χ3n) is 2.63. The van der Waals surface area contributed by atoms with Crippen LogP contribution in [0.15, 0.2) is 36.5 Å². The molecule has 1 heterocycles. The van der Waals surface area contributed by atoms with Gasteiger partial charge < -0.3 is 0 Å². The van der Waals surface area contributed by atoms with E-state index in [9.17, 15) is 4.39 Å². The molecule has 1 aromatic carbocycles. The molecule has 1 nitrogen and oxygen atoms in total. The van der Waals surface area contributed by atoms with Gasteiger partial charge in [0.05, 0.1) is 5.69 Å². The monoisotopic (exact) mass is 215 g/mol. The Morgan fingerprint density at radius 2 is 2.00 bits per heavy atom. The molecule has 82 valence electrons. The van der Waals surface area contributed by atoms with Crippen molar-refractivity contribution in [3.63, 3.8) is 0 Å². The molecule has 0 radical (unpaired) electrons. The van der Waals surface area contributed by atoms with Crippen molar-refractivity contribution in [3.05, 3.63) is 53.5 Å². The van der Waals surface area contributed by atoms with Gasteiger partial charge in [0.1, 0.15) is 5.82 Å². The van der Waals surface area contributed by atoms with E-state index in [0.717, 1.165) is 17.5 Å². The highest BCUT2D eigenvalue weighted by molar-refractivity contribution is 5.60. The molecule has 2 aromatic rings. The Labute approximate surface area is 95.0 Å². The Bertz CT molecular complexity index is 489. The van der Waals surface area contributed by atoms with Crippen LogP contribution in [0.1, 0.15) is 18.1 Å². The second kappa shape index (κ2) is 4.44. The van der Waals surface area contributed by atoms with Crippen LogP contribution in [0.2, 0.25) is 0 Å². The van der Waals surface area contributed by atoms with Crippen LogP contribution >= 0.6 is 0 Å². The Kier molecular flexibility index (Phi) is 3.00. The van der Waals surface area contributed by atoms with Crippen molar-refractivity contribution in [2.45, 2.75) is 20.3 Å². The van der Waals surface area contributed by atoms with Crippen molar-refractivity contribution in [1.29, 1.82) is 0 Å². The highest BCUT2D eigenvalue weighted by atomic mass is 19.1. The minimum absolute atomic E-state index is 0.211. The van der Waals surface area contributed by atoms with Crippen molar-refractivity contribution >= 4 is 0 Å². The summed E-state index contributed by atoms with van der Waals surface area (Å²) >= 11 is 0. The molecule has 0 saturated heterocycles. The minimum atomic E-state index is -0.211. The predicted octanol–water partition coefficient (Wildman–Crippen LogP) is 3.76. The number of nitrogens with zero attached hydrogens (tertiary/aromatic N) is 1. The van der Waals surface area contributed by atoms with Gasteiger partial charge in [0.15, 0.2) is 0 Å². The number of aromatic nitrogens is 1. The maximum atomic E-state index is 13.7. The number of rotatable bonds is 2. The Hall–Kier alpha value is -1.70. The summed E-state index contributed by atoms with van der Waals surface area (Å²) in [5.41, 5.74) is 3.34. The van der Waals surface area contributed by atoms with Crippen LogP contribution in [0.5, 0.6) is 0 Å². The van der Waals surface area contributed by atoms with Gasteiger partial charge in [0, 0.05) is 11.8 Å². The molecule has 0 unspecified atom stereocenters. The van der Waals surface area contributed by atoms with Crippen molar-refractivity contribution in [3.8, 4) is 11.3 Å². The van der Waals surface area contributed by atoms with E-state index in [1.54, 1.807) is 12.3 Å². The second-order valence-corrected chi connectivity index (χ2v) is 3.89. The zero-order valence-corrected chi connectivity index (χ0v) is 9.50. The zero-order chi connectivity index (χ0) is 11.5. The van der Waals surface area contributed by atoms with Gasteiger partial charge in [-0.15, -0.1) is 0 Å². The summed E-state index contributed by atoms with van der Waals surface area (Å²) in [6.07, 6.45) is 2.75. The van der Waals surface area contributed by atoms with Crippen LogP contribution < -0.4 is 0 Å². The molecule has 0 aliphatic carbocycles. The Morgan fingerprint density at radius 3 is 2.56 bits per heavy atom. The summed E-state index contributed by atoms with van der Waals surface area (Å²) in [7, 11) is 0. The summed E-state index contributed by atoms with van der Waals surface area (Å²) in [6.45, 7) is 3.95. The zero-order valence-electron chi connectivity index (χ0n) is 9.50. The van der Waals surface area contributed by atoms with Gasteiger partial charge in [-0.1, -0.05) is 19.1 Å². The molecule has 1 aromatic heterocycles. The van der Waals surface area contributed by atoms with Gasteiger partial charge in [0.2, 0.25) is 0 Å². The fourth-order valence-electron chi connectivity index (χ4n) is 1.62. The summed E-state index contributed by atoms with van der Waals surface area (Å²) < 4.78 is 13.7. The van der Waals surface area contributed by atoms with E-state index in [4.69, 9.17) is 0 Å². The van der Waals surface area contributed by atoms with Crippen LogP contribution in [0, 0.1) is 12.7 Å². The van der Waals surface area contributed by atoms with Crippen LogP contribution in [0.3, 0.4) is 0 Å². The number of halogens is 1. The van der Waals surface area contributed by atoms with E-state index in [1.165, 1.54) is 6.07 Å². The quantitative estimate of drug-likeness (QED) is 0.743. The van der Waals surface area contributed by atoms with Gasteiger partial charge in [-0.25, -0.2) is 4.39 Å². The first-order valence-corrected chi connectivity index (χ1v) is 5.42. The van der Waals surface area contributed by atoms with Crippen molar-refractivity contribution in [2.24, 2.45) is 0 Å². The first-order valence-electron chi connectivity index (χ1n) is 5.42. The molecule has 0 aliphatic heterocycles. The molecule has 0 bridgehead atoms. The third kappa shape index (κ3) is 2.11. The molecule has 0 aliphatic rings. The standard InChI is InChI=1S/C14H14FN/c1-3-11-5-7-14(16-9-11)12-6-4-10(2)8-13(12)15/h4-9H,3H2,1-2H3. The van der Waals surface area contributed by atoms with E-state index in [1.807, 2.05) is 25.1 Å².